The second-order valence-corrected chi connectivity index (χ2v) is 8.27. The number of benzene rings is 4. The van der Waals surface area contributed by atoms with Gasteiger partial charge in [0.25, 0.3) is 0 Å². The van der Waals surface area contributed by atoms with Gasteiger partial charge in [-0.05, 0) is 36.2 Å². The number of aliphatic carboxylic acids is 1. The van der Waals surface area contributed by atoms with Gasteiger partial charge in [0.1, 0.15) is 6.04 Å². The molecule has 0 radical (unpaired) electrons. The number of carbonyl (C=O) groups is 2. The maximum absolute atomic E-state index is 13.0. The summed E-state index contributed by atoms with van der Waals surface area (Å²) in [4.78, 5) is 25.1. The molecule has 0 aliphatic heterocycles. The van der Waals surface area contributed by atoms with E-state index in [0.717, 1.165) is 22.3 Å². The molecule has 170 valence electrons. The lowest BCUT2D eigenvalue weighted by Gasteiger charge is -2.19. The van der Waals surface area contributed by atoms with Crippen LogP contribution in [-0.4, -0.2) is 22.9 Å². The Morgan fingerprint density at radius 1 is 0.882 bits per heavy atom. The van der Waals surface area contributed by atoms with E-state index in [1.165, 1.54) is 0 Å². The van der Waals surface area contributed by atoms with E-state index >= 15 is 0 Å². The number of anilines is 2. The van der Waals surface area contributed by atoms with E-state index in [9.17, 15) is 14.7 Å². The Morgan fingerprint density at radius 3 is 2.32 bits per heavy atom. The molecule has 4 aromatic carbocycles. The van der Waals surface area contributed by atoms with Crippen molar-refractivity contribution in [2.24, 2.45) is 0 Å². The third kappa shape index (κ3) is 5.15. The number of hydrogen-bond donors (Lipinski definition) is 3. The summed E-state index contributed by atoms with van der Waals surface area (Å²) in [6.07, 6.45) is 0.210. The second-order valence-electron chi connectivity index (χ2n) is 8.27. The number of nitrogen functional groups attached to an aromatic ring is 1. The van der Waals surface area contributed by atoms with Crippen LogP contribution in [0.15, 0.2) is 97.1 Å². The fraction of sp³-hybridized carbons (Fsp3) is 0.103. The maximum Gasteiger partial charge on any atom is 0.326 e. The fourth-order valence-corrected chi connectivity index (χ4v) is 3.99. The zero-order valence-corrected chi connectivity index (χ0v) is 18.9. The normalized spacial score (nSPS) is 11.6. The summed E-state index contributed by atoms with van der Waals surface area (Å²) in [6.45, 7) is 2.03. The van der Waals surface area contributed by atoms with Crippen molar-refractivity contribution in [2.75, 3.05) is 11.1 Å². The number of nitrogens with one attached hydrogen (secondary N) is 1. The van der Waals surface area contributed by atoms with Gasteiger partial charge < -0.3 is 16.2 Å². The quantitative estimate of drug-likeness (QED) is 0.241. The van der Waals surface area contributed by atoms with Crippen molar-refractivity contribution in [1.82, 2.24) is 0 Å². The Balaban J connectivity index is 1.57. The molecule has 0 saturated carbocycles. The summed E-state index contributed by atoms with van der Waals surface area (Å²) in [5.41, 5.74) is 12.2. The van der Waals surface area contributed by atoms with Crippen LogP contribution in [0, 0.1) is 6.92 Å². The number of carboxylic acid groups (broad SMARTS) is 1. The molecule has 0 aromatic heterocycles. The molecule has 0 aliphatic carbocycles. The Morgan fingerprint density at radius 2 is 1.62 bits per heavy atom. The van der Waals surface area contributed by atoms with Gasteiger partial charge in [0.15, 0.2) is 5.78 Å². The first kappa shape index (κ1) is 22.8. The van der Waals surface area contributed by atoms with Crippen molar-refractivity contribution < 1.29 is 14.7 Å². The smallest absolute Gasteiger partial charge is 0.326 e. The van der Waals surface area contributed by atoms with E-state index < -0.39 is 12.0 Å². The monoisotopic (exact) mass is 450 g/mol. The van der Waals surface area contributed by atoms with Crippen molar-refractivity contribution >= 4 is 23.1 Å². The molecule has 0 saturated heterocycles. The first-order valence-electron chi connectivity index (χ1n) is 11.1. The molecule has 0 amide bonds. The Labute approximate surface area is 198 Å². The van der Waals surface area contributed by atoms with Gasteiger partial charge in [-0.15, -0.1) is 0 Å². The molecule has 0 heterocycles. The van der Waals surface area contributed by atoms with Gasteiger partial charge in [-0.25, -0.2) is 4.79 Å². The number of hydrogen-bond acceptors (Lipinski definition) is 4. The average molecular weight is 451 g/mol. The molecule has 4 aromatic rings. The molecular formula is C29H26N2O3. The van der Waals surface area contributed by atoms with Crippen LogP contribution >= 0.6 is 0 Å². The third-order valence-electron chi connectivity index (χ3n) is 5.72. The number of rotatable bonds is 8. The summed E-state index contributed by atoms with van der Waals surface area (Å²) in [5, 5.41) is 13.0. The summed E-state index contributed by atoms with van der Waals surface area (Å²) < 4.78 is 0. The number of aryl methyl sites for hydroxylation is 1. The van der Waals surface area contributed by atoms with E-state index in [1.807, 2.05) is 49.4 Å². The first-order valence-corrected chi connectivity index (χ1v) is 11.1. The highest BCUT2D eigenvalue weighted by molar-refractivity contribution is 6.12. The summed E-state index contributed by atoms with van der Waals surface area (Å²) in [7, 11) is 0. The van der Waals surface area contributed by atoms with E-state index in [2.05, 4.69) is 11.4 Å². The Hall–Kier alpha value is -4.38. The van der Waals surface area contributed by atoms with Gasteiger partial charge >= 0.3 is 5.97 Å². The van der Waals surface area contributed by atoms with Crippen LogP contribution in [0.4, 0.5) is 11.4 Å². The van der Waals surface area contributed by atoms with Crippen LogP contribution < -0.4 is 11.1 Å². The van der Waals surface area contributed by atoms with E-state index in [-0.39, 0.29) is 12.2 Å². The Kier molecular flexibility index (Phi) is 6.74. The molecule has 1 atom stereocenters. The fourth-order valence-electron chi connectivity index (χ4n) is 3.99. The zero-order chi connectivity index (χ0) is 24.1. The third-order valence-corrected chi connectivity index (χ3v) is 5.72. The highest BCUT2D eigenvalue weighted by atomic mass is 16.4. The van der Waals surface area contributed by atoms with Crippen molar-refractivity contribution in [1.29, 1.82) is 0 Å². The van der Waals surface area contributed by atoms with E-state index in [0.29, 0.717) is 22.5 Å². The maximum atomic E-state index is 13.0. The molecule has 34 heavy (non-hydrogen) atoms. The SMILES string of the molecule is Cc1cccc(-c2ccc(CC(Nc3ccccc3C(=O)c3ccccc3)C(=O)O)cc2N)c1. The van der Waals surface area contributed by atoms with Crippen molar-refractivity contribution in [3.05, 3.63) is 119 Å². The van der Waals surface area contributed by atoms with E-state index in [4.69, 9.17) is 5.73 Å². The van der Waals surface area contributed by atoms with Gasteiger partial charge in [-0.1, -0.05) is 84.4 Å². The number of carboxylic acids is 1. The van der Waals surface area contributed by atoms with Gasteiger partial charge in [-0.3, -0.25) is 4.79 Å². The molecular weight excluding hydrogens is 424 g/mol. The second kappa shape index (κ2) is 10.0. The molecule has 1 unspecified atom stereocenters. The minimum Gasteiger partial charge on any atom is -0.480 e. The first-order chi connectivity index (χ1) is 16.4. The van der Waals surface area contributed by atoms with Crippen LogP contribution in [0.25, 0.3) is 11.1 Å². The molecule has 5 heteroatoms. The molecule has 0 aliphatic rings. The highest BCUT2D eigenvalue weighted by Crippen LogP contribution is 2.28. The summed E-state index contributed by atoms with van der Waals surface area (Å²) in [6, 6.07) is 28.7. The lowest BCUT2D eigenvalue weighted by molar-refractivity contribution is -0.137. The summed E-state index contributed by atoms with van der Waals surface area (Å²) in [5.74, 6) is -1.18. The molecule has 0 fully saturated rings. The number of nitrogens with two attached hydrogens (primary N) is 1. The largest absolute Gasteiger partial charge is 0.480 e. The molecule has 4 rings (SSSR count). The lowest BCUT2D eigenvalue weighted by Crippen LogP contribution is -2.32. The van der Waals surface area contributed by atoms with Crippen molar-refractivity contribution in [3.8, 4) is 11.1 Å². The molecule has 4 N–H and O–H groups in total. The average Bonchev–Trinajstić information content (AvgIpc) is 2.84. The standard InChI is InChI=1S/C29H26N2O3/c1-19-8-7-11-22(16-19)23-15-14-20(17-25(23)30)18-27(29(33)34)31-26-13-6-5-12-24(26)28(32)21-9-3-2-4-10-21/h2-17,27,31H,18,30H2,1H3,(H,33,34). The van der Waals surface area contributed by atoms with Crippen LogP contribution in [-0.2, 0) is 11.2 Å². The molecule has 0 spiro atoms. The highest BCUT2D eigenvalue weighted by Gasteiger charge is 2.21. The van der Waals surface area contributed by atoms with Crippen LogP contribution in [0.1, 0.15) is 27.0 Å². The predicted molar refractivity (Wildman–Crippen MR) is 136 cm³/mol. The van der Waals surface area contributed by atoms with Crippen molar-refractivity contribution in [3.63, 3.8) is 0 Å². The van der Waals surface area contributed by atoms with Gasteiger partial charge in [0.2, 0.25) is 0 Å². The summed E-state index contributed by atoms with van der Waals surface area (Å²) >= 11 is 0. The Bertz CT molecular complexity index is 1330. The topological polar surface area (TPSA) is 92.4 Å². The van der Waals surface area contributed by atoms with Crippen molar-refractivity contribution in [2.45, 2.75) is 19.4 Å². The van der Waals surface area contributed by atoms with Gasteiger partial charge in [-0.2, -0.15) is 0 Å². The van der Waals surface area contributed by atoms with Crippen LogP contribution in [0.5, 0.6) is 0 Å². The number of ketones is 1. The van der Waals surface area contributed by atoms with Crippen LogP contribution in [0.3, 0.4) is 0 Å². The van der Waals surface area contributed by atoms with E-state index in [1.54, 1.807) is 48.5 Å². The van der Waals surface area contributed by atoms with Gasteiger partial charge in [0.05, 0.1) is 0 Å². The zero-order valence-electron chi connectivity index (χ0n) is 18.9. The predicted octanol–water partition coefficient (Wildman–Crippen LogP) is 5.58. The lowest BCUT2D eigenvalue weighted by atomic mass is 9.97. The van der Waals surface area contributed by atoms with Gasteiger partial charge in [0, 0.05) is 34.5 Å². The minimum atomic E-state index is -1.01. The number of para-hydroxylation sites is 1. The van der Waals surface area contributed by atoms with Crippen LogP contribution in [0.2, 0.25) is 0 Å². The number of carbonyl (C=O) groups excluding carboxylic acids is 1. The molecule has 0 bridgehead atoms. The minimum absolute atomic E-state index is 0.167. The molecule has 5 nitrogen and oxygen atoms in total.